The molecule has 1 aromatic carbocycles. The van der Waals surface area contributed by atoms with Crippen molar-refractivity contribution in [1.29, 1.82) is 0 Å². The van der Waals surface area contributed by atoms with Crippen molar-refractivity contribution in [2.75, 3.05) is 18.1 Å². The summed E-state index contributed by atoms with van der Waals surface area (Å²) in [6, 6.07) is 6.74. The normalized spacial score (nSPS) is 20.3. The number of nitro benzene ring substituents is 1. The summed E-state index contributed by atoms with van der Waals surface area (Å²) in [5, 5.41) is 20.3. The monoisotopic (exact) mass is 236 g/mol. The van der Waals surface area contributed by atoms with Gasteiger partial charge < -0.3 is 10.0 Å². The second-order valence-electron chi connectivity index (χ2n) is 4.27. The van der Waals surface area contributed by atoms with E-state index in [1.807, 2.05) is 4.90 Å². The molecule has 17 heavy (non-hydrogen) atoms. The van der Waals surface area contributed by atoms with Gasteiger partial charge in [0.25, 0.3) is 5.69 Å². The maximum atomic E-state index is 11.0. The molecule has 1 heterocycles. The summed E-state index contributed by atoms with van der Waals surface area (Å²) in [4.78, 5) is 12.6. The first-order valence-corrected chi connectivity index (χ1v) is 5.85. The van der Waals surface area contributed by atoms with Gasteiger partial charge in [-0.1, -0.05) is 12.1 Å². The minimum Gasteiger partial charge on any atom is -0.394 e. The van der Waals surface area contributed by atoms with Gasteiger partial charge in [-0.2, -0.15) is 0 Å². The van der Waals surface area contributed by atoms with Gasteiger partial charge in [0.05, 0.1) is 17.6 Å². The smallest absolute Gasteiger partial charge is 0.292 e. The molecule has 0 radical (unpaired) electrons. The highest BCUT2D eigenvalue weighted by Crippen LogP contribution is 2.32. The Bertz CT molecular complexity index is 408. The maximum absolute atomic E-state index is 11.0. The molecule has 1 aromatic rings. The fraction of sp³-hybridized carbons (Fsp3) is 0.500. The molecule has 0 aliphatic carbocycles. The second kappa shape index (κ2) is 5.14. The van der Waals surface area contributed by atoms with E-state index in [1.165, 1.54) is 6.07 Å². The molecule has 1 saturated heterocycles. The number of anilines is 1. The Morgan fingerprint density at radius 3 is 2.88 bits per heavy atom. The van der Waals surface area contributed by atoms with Crippen LogP contribution in [0.5, 0.6) is 0 Å². The summed E-state index contributed by atoms with van der Waals surface area (Å²) >= 11 is 0. The van der Waals surface area contributed by atoms with Crippen molar-refractivity contribution >= 4 is 11.4 Å². The van der Waals surface area contributed by atoms with Crippen molar-refractivity contribution in [3.8, 4) is 0 Å². The predicted molar refractivity (Wildman–Crippen MR) is 65.2 cm³/mol. The van der Waals surface area contributed by atoms with Gasteiger partial charge >= 0.3 is 0 Å². The van der Waals surface area contributed by atoms with Gasteiger partial charge in [0.2, 0.25) is 0 Å². The Hall–Kier alpha value is -1.62. The molecule has 92 valence electrons. The molecular formula is C12H16N2O3. The molecular weight excluding hydrogens is 220 g/mol. The average molecular weight is 236 g/mol. The molecule has 0 saturated carbocycles. The van der Waals surface area contributed by atoms with Gasteiger partial charge in [-0.3, -0.25) is 10.1 Å². The van der Waals surface area contributed by atoms with Crippen LogP contribution in [0.25, 0.3) is 0 Å². The molecule has 0 spiro atoms. The van der Waals surface area contributed by atoms with E-state index in [2.05, 4.69) is 0 Å². The van der Waals surface area contributed by atoms with Crippen molar-refractivity contribution in [2.45, 2.75) is 25.3 Å². The zero-order chi connectivity index (χ0) is 12.3. The summed E-state index contributed by atoms with van der Waals surface area (Å²) in [6.45, 7) is 0.822. The molecule has 5 heteroatoms. The van der Waals surface area contributed by atoms with Crippen LogP contribution in [-0.2, 0) is 0 Å². The largest absolute Gasteiger partial charge is 0.394 e. The first kappa shape index (κ1) is 11.9. The Morgan fingerprint density at radius 1 is 1.41 bits per heavy atom. The van der Waals surface area contributed by atoms with Crippen LogP contribution in [-0.4, -0.2) is 29.2 Å². The molecule has 1 fully saturated rings. The Morgan fingerprint density at radius 2 is 2.18 bits per heavy atom. The van der Waals surface area contributed by atoms with Crippen LogP contribution in [0, 0.1) is 10.1 Å². The van der Waals surface area contributed by atoms with E-state index in [4.69, 9.17) is 0 Å². The van der Waals surface area contributed by atoms with Crippen LogP contribution >= 0.6 is 0 Å². The SMILES string of the molecule is O=[N+]([O-])c1ccccc1N1CCCC[C@@H]1CO. The lowest BCUT2D eigenvalue weighted by Crippen LogP contribution is -2.42. The number of para-hydroxylation sites is 2. The summed E-state index contributed by atoms with van der Waals surface area (Å²) in [5.74, 6) is 0. The number of aliphatic hydroxyl groups is 1. The van der Waals surface area contributed by atoms with Crippen LogP contribution in [0.4, 0.5) is 11.4 Å². The van der Waals surface area contributed by atoms with Gasteiger partial charge in [0.1, 0.15) is 5.69 Å². The van der Waals surface area contributed by atoms with Crippen molar-refractivity contribution in [2.24, 2.45) is 0 Å². The topological polar surface area (TPSA) is 66.6 Å². The van der Waals surface area contributed by atoms with E-state index in [9.17, 15) is 15.2 Å². The third-order valence-corrected chi connectivity index (χ3v) is 3.23. The van der Waals surface area contributed by atoms with E-state index in [0.717, 1.165) is 25.8 Å². The Balaban J connectivity index is 2.34. The van der Waals surface area contributed by atoms with Crippen molar-refractivity contribution in [3.63, 3.8) is 0 Å². The second-order valence-corrected chi connectivity index (χ2v) is 4.27. The van der Waals surface area contributed by atoms with Gasteiger partial charge in [0, 0.05) is 12.6 Å². The number of hydrogen-bond acceptors (Lipinski definition) is 4. The summed E-state index contributed by atoms with van der Waals surface area (Å²) in [7, 11) is 0. The van der Waals surface area contributed by atoms with Gasteiger partial charge in [-0.25, -0.2) is 0 Å². The van der Waals surface area contributed by atoms with Crippen molar-refractivity contribution in [3.05, 3.63) is 34.4 Å². The lowest BCUT2D eigenvalue weighted by atomic mass is 10.0. The number of nitrogens with zero attached hydrogens (tertiary/aromatic N) is 2. The van der Waals surface area contributed by atoms with Crippen LogP contribution in [0.2, 0.25) is 0 Å². The highest BCUT2D eigenvalue weighted by atomic mass is 16.6. The zero-order valence-corrected chi connectivity index (χ0v) is 9.58. The van der Waals surface area contributed by atoms with Crippen LogP contribution in [0.3, 0.4) is 0 Å². The number of hydrogen-bond donors (Lipinski definition) is 1. The van der Waals surface area contributed by atoms with E-state index in [0.29, 0.717) is 5.69 Å². The van der Waals surface area contributed by atoms with Crippen molar-refractivity contribution in [1.82, 2.24) is 0 Å². The fourth-order valence-electron chi connectivity index (χ4n) is 2.37. The molecule has 2 rings (SSSR count). The Labute approximate surface area is 99.8 Å². The molecule has 0 amide bonds. The maximum Gasteiger partial charge on any atom is 0.292 e. The van der Waals surface area contributed by atoms with E-state index < -0.39 is 0 Å². The summed E-state index contributed by atoms with van der Waals surface area (Å²) < 4.78 is 0. The minimum absolute atomic E-state index is 0.00449. The third kappa shape index (κ3) is 2.39. The molecule has 0 bridgehead atoms. The van der Waals surface area contributed by atoms with Gasteiger partial charge in [-0.15, -0.1) is 0 Å². The van der Waals surface area contributed by atoms with Gasteiger partial charge in [0.15, 0.2) is 0 Å². The standard InChI is InChI=1S/C12H16N2O3/c15-9-10-5-3-4-8-13(10)11-6-1-2-7-12(11)14(16)17/h1-2,6-7,10,15H,3-5,8-9H2/t10-/m1/s1. The number of piperidine rings is 1. The minimum atomic E-state index is -0.363. The molecule has 1 N–H and O–H groups in total. The molecule has 0 aromatic heterocycles. The quantitative estimate of drug-likeness (QED) is 0.643. The highest BCUT2D eigenvalue weighted by molar-refractivity contribution is 5.63. The fourth-order valence-corrected chi connectivity index (χ4v) is 2.37. The first-order chi connectivity index (χ1) is 8.24. The number of nitro groups is 1. The summed E-state index contributed by atoms with van der Waals surface area (Å²) in [6.07, 6.45) is 2.98. The number of benzene rings is 1. The highest BCUT2D eigenvalue weighted by Gasteiger charge is 2.26. The van der Waals surface area contributed by atoms with E-state index >= 15 is 0 Å². The van der Waals surface area contributed by atoms with E-state index in [1.54, 1.807) is 18.2 Å². The predicted octanol–water partition coefficient (Wildman–Crippen LogP) is 1.95. The number of aliphatic hydroxyl groups excluding tert-OH is 1. The first-order valence-electron chi connectivity index (χ1n) is 5.85. The molecule has 1 aliphatic heterocycles. The molecule has 1 aliphatic rings. The zero-order valence-electron chi connectivity index (χ0n) is 9.58. The lowest BCUT2D eigenvalue weighted by molar-refractivity contribution is -0.384. The van der Waals surface area contributed by atoms with Crippen molar-refractivity contribution < 1.29 is 10.0 Å². The summed E-state index contributed by atoms with van der Waals surface area (Å²) in [5.41, 5.74) is 0.740. The van der Waals surface area contributed by atoms with Crippen LogP contribution in [0.15, 0.2) is 24.3 Å². The van der Waals surface area contributed by atoms with Crippen LogP contribution < -0.4 is 4.90 Å². The molecule has 1 atom stereocenters. The third-order valence-electron chi connectivity index (χ3n) is 3.23. The van der Waals surface area contributed by atoms with E-state index in [-0.39, 0.29) is 23.3 Å². The molecule has 0 unspecified atom stereocenters. The molecule has 5 nitrogen and oxygen atoms in total. The van der Waals surface area contributed by atoms with Gasteiger partial charge in [-0.05, 0) is 25.3 Å². The van der Waals surface area contributed by atoms with Crippen LogP contribution in [0.1, 0.15) is 19.3 Å². The average Bonchev–Trinajstić information content (AvgIpc) is 2.38. The number of rotatable bonds is 3. The lowest BCUT2D eigenvalue weighted by Gasteiger charge is -2.36. The Kier molecular flexibility index (Phi) is 3.58.